The van der Waals surface area contributed by atoms with Gasteiger partial charge in [0.1, 0.15) is 5.82 Å². The first-order valence-corrected chi connectivity index (χ1v) is 6.14. The summed E-state index contributed by atoms with van der Waals surface area (Å²) in [7, 11) is 0. The molecule has 0 heterocycles. The number of allylic oxidation sites excluding steroid dienone is 1. The molecule has 0 unspecified atom stereocenters. The van der Waals surface area contributed by atoms with Crippen LogP contribution in [0.15, 0.2) is 27.2 Å². The topological polar surface area (TPSA) is 0 Å². The van der Waals surface area contributed by atoms with Crippen molar-refractivity contribution in [2.24, 2.45) is 0 Å². The number of benzene rings is 1. The van der Waals surface area contributed by atoms with Crippen LogP contribution in [0.4, 0.5) is 4.39 Å². The SMILES string of the molecule is Fc1cc(Br)cc(Br)c1C=CCCCl. The average molecular weight is 342 g/mol. The Kier molecular flexibility index (Phi) is 5.13. The molecule has 0 N–H and O–H groups in total. The van der Waals surface area contributed by atoms with E-state index in [9.17, 15) is 4.39 Å². The van der Waals surface area contributed by atoms with Gasteiger partial charge in [0, 0.05) is 20.4 Å². The first kappa shape index (κ1) is 12.2. The van der Waals surface area contributed by atoms with Crippen LogP contribution in [0.5, 0.6) is 0 Å². The van der Waals surface area contributed by atoms with Crippen LogP contribution in [0.1, 0.15) is 12.0 Å². The number of hydrogen-bond donors (Lipinski definition) is 0. The molecule has 76 valence electrons. The third kappa shape index (κ3) is 3.37. The monoisotopic (exact) mass is 340 g/mol. The minimum absolute atomic E-state index is 0.253. The molecule has 0 spiro atoms. The van der Waals surface area contributed by atoms with E-state index in [1.807, 2.05) is 12.1 Å². The molecular weight excluding hydrogens is 334 g/mol. The van der Waals surface area contributed by atoms with Crippen LogP contribution in [-0.2, 0) is 0 Å². The van der Waals surface area contributed by atoms with Gasteiger partial charge in [0.15, 0.2) is 0 Å². The lowest BCUT2D eigenvalue weighted by Gasteiger charge is -2.01. The highest BCUT2D eigenvalue weighted by Gasteiger charge is 2.04. The van der Waals surface area contributed by atoms with Crippen molar-refractivity contribution in [3.8, 4) is 0 Å². The lowest BCUT2D eigenvalue weighted by atomic mass is 10.2. The second-order valence-corrected chi connectivity index (χ2v) is 4.81. The molecule has 0 aliphatic carbocycles. The van der Waals surface area contributed by atoms with Crippen LogP contribution in [0.2, 0.25) is 0 Å². The Bertz CT molecular complexity index is 327. The molecule has 0 fully saturated rings. The molecule has 0 bridgehead atoms. The van der Waals surface area contributed by atoms with Gasteiger partial charge in [0.05, 0.1) is 0 Å². The molecule has 0 saturated carbocycles. The molecule has 14 heavy (non-hydrogen) atoms. The van der Waals surface area contributed by atoms with Gasteiger partial charge in [-0.05, 0) is 18.6 Å². The van der Waals surface area contributed by atoms with Crippen molar-refractivity contribution in [3.05, 3.63) is 38.5 Å². The maximum Gasteiger partial charge on any atom is 0.132 e. The quantitative estimate of drug-likeness (QED) is 0.679. The molecule has 1 rings (SSSR count). The van der Waals surface area contributed by atoms with Crippen LogP contribution >= 0.6 is 43.5 Å². The summed E-state index contributed by atoms with van der Waals surface area (Å²) in [5, 5.41) is 0. The lowest BCUT2D eigenvalue weighted by molar-refractivity contribution is 0.623. The van der Waals surface area contributed by atoms with Crippen LogP contribution in [-0.4, -0.2) is 5.88 Å². The molecule has 1 aromatic carbocycles. The lowest BCUT2D eigenvalue weighted by Crippen LogP contribution is -1.84. The van der Waals surface area contributed by atoms with Gasteiger partial charge in [-0.3, -0.25) is 0 Å². The number of alkyl halides is 1. The zero-order valence-electron chi connectivity index (χ0n) is 7.24. The first-order valence-electron chi connectivity index (χ1n) is 4.02. The Balaban J connectivity index is 2.96. The van der Waals surface area contributed by atoms with Gasteiger partial charge >= 0.3 is 0 Å². The third-order valence-electron chi connectivity index (χ3n) is 1.60. The first-order chi connectivity index (χ1) is 6.65. The van der Waals surface area contributed by atoms with Crippen molar-refractivity contribution < 1.29 is 4.39 Å². The molecule has 4 heteroatoms. The van der Waals surface area contributed by atoms with Crippen molar-refractivity contribution >= 4 is 49.5 Å². The molecule has 0 aliphatic rings. The molecule has 1 aromatic rings. The van der Waals surface area contributed by atoms with E-state index in [-0.39, 0.29) is 5.82 Å². The van der Waals surface area contributed by atoms with Crippen LogP contribution in [0.25, 0.3) is 6.08 Å². The Labute approximate surface area is 104 Å². The maximum absolute atomic E-state index is 13.4. The fourth-order valence-electron chi connectivity index (χ4n) is 0.977. The molecule has 0 nitrogen and oxygen atoms in total. The summed E-state index contributed by atoms with van der Waals surface area (Å²) in [6.07, 6.45) is 4.32. The van der Waals surface area contributed by atoms with Crippen molar-refractivity contribution in [1.82, 2.24) is 0 Å². The van der Waals surface area contributed by atoms with Crippen LogP contribution < -0.4 is 0 Å². The largest absolute Gasteiger partial charge is 0.206 e. The second-order valence-electron chi connectivity index (χ2n) is 2.66. The fraction of sp³-hybridized carbons (Fsp3) is 0.200. The summed E-state index contributed by atoms with van der Waals surface area (Å²) in [6.45, 7) is 0. The number of rotatable bonds is 3. The van der Waals surface area contributed by atoms with Gasteiger partial charge in [-0.2, -0.15) is 0 Å². The predicted molar refractivity (Wildman–Crippen MR) is 66.2 cm³/mol. The zero-order chi connectivity index (χ0) is 10.6. The van der Waals surface area contributed by atoms with Crippen molar-refractivity contribution in [2.75, 3.05) is 5.88 Å². The number of halogens is 4. The predicted octanol–water partition coefficient (Wildman–Crippen LogP) is 4.99. The third-order valence-corrected chi connectivity index (χ3v) is 2.94. The normalized spacial score (nSPS) is 11.1. The van der Waals surface area contributed by atoms with Crippen molar-refractivity contribution in [1.29, 1.82) is 0 Å². The van der Waals surface area contributed by atoms with E-state index in [2.05, 4.69) is 31.9 Å². The highest BCUT2D eigenvalue weighted by molar-refractivity contribution is 9.11. The minimum Gasteiger partial charge on any atom is -0.206 e. The summed E-state index contributed by atoms with van der Waals surface area (Å²) < 4.78 is 14.8. The summed E-state index contributed by atoms with van der Waals surface area (Å²) in [6, 6.07) is 3.24. The van der Waals surface area contributed by atoms with Gasteiger partial charge in [-0.15, -0.1) is 11.6 Å². The molecule has 0 aliphatic heterocycles. The van der Waals surface area contributed by atoms with E-state index in [0.717, 1.165) is 15.4 Å². The Morgan fingerprint density at radius 3 is 2.64 bits per heavy atom. The van der Waals surface area contributed by atoms with Gasteiger partial charge in [0.2, 0.25) is 0 Å². The highest BCUT2D eigenvalue weighted by Crippen LogP contribution is 2.26. The van der Waals surface area contributed by atoms with Crippen LogP contribution in [0, 0.1) is 5.82 Å². The Morgan fingerprint density at radius 1 is 1.36 bits per heavy atom. The Hall–Kier alpha value is 0.140. The highest BCUT2D eigenvalue weighted by atomic mass is 79.9. The van der Waals surface area contributed by atoms with E-state index in [0.29, 0.717) is 11.4 Å². The Morgan fingerprint density at radius 2 is 2.07 bits per heavy atom. The van der Waals surface area contributed by atoms with Gasteiger partial charge < -0.3 is 0 Å². The standard InChI is InChI=1S/C10H8Br2ClF/c11-7-5-9(12)8(10(14)6-7)3-1-2-4-13/h1,3,5-6H,2,4H2. The molecular formula is C10H8Br2ClF. The van der Waals surface area contributed by atoms with Gasteiger partial charge in [-0.25, -0.2) is 4.39 Å². The maximum atomic E-state index is 13.4. The van der Waals surface area contributed by atoms with Crippen LogP contribution in [0.3, 0.4) is 0 Å². The second kappa shape index (κ2) is 5.89. The average Bonchev–Trinajstić information content (AvgIpc) is 2.09. The van der Waals surface area contributed by atoms with E-state index in [4.69, 9.17) is 11.6 Å². The molecule has 0 radical (unpaired) electrons. The zero-order valence-corrected chi connectivity index (χ0v) is 11.2. The van der Waals surface area contributed by atoms with Gasteiger partial charge in [0.25, 0.3) is 0 Å². The van der Waals surface area contributed by atoms with E-state index in [1.54, 1.807) is 6.08 Å². The van der Waals surface area contributed by atoms with Crippen molar-refractivity contribution in [3.63, 3.8) is 0 Å². The van der Waals surface area contributed by atoms with Crippen molar-refractivity contribution in [2.45, 2.75) is 6.42 Å². The van der Waals surface area contributed by atoms with E-state index < -0.39 is 0 Å². The smallest absolute Gasteiger partial charge is 0.132 e. The summed E-state index contributed by atoms with van der Waals surface area (Å²) >= 11 is 12.0. The molecule has 0 aromatic heterocycles. The summed E-state index contributed by atoms with van der Waals surface area (Å²) in [5.41, 5.74) is 0.554. The fourth-order valence-corrected chi connectivity index (χ4v) is 2.41. The summed E-state index contributed by atoms with van der Waals surface area (Å²) in [4.78, 5) is 0. The van der Waals surface area contributed by atoms with Gasteiger partial charge in [-0.1, -0.05) is 44.0 Å². The van der Waals surface area contributed by atoms with E-state index >= 15 is 0 Å². The number of hydrogen-bond acceptors (Lipinski definition) is 0. The van der Waals surface area contributed by atoms with E-state index in [1.165, 1.54) is 6.07 Å². The molecule has 0 amide bonds. The molecule has 0 atom stereocenters. The summed E-state index contributed by atoms with van der Waals surface area (Å²) in [5.74, 6) is 0.295. The molecule has 0 saturated heterocycles. The minimum atomic E-state index is -0.253.